The van der Waals surface area contributed by atoms with Gasteiger partial charge < -0.3 is 5.11 Å². The Morgan fingerprint density at radius 3 is 2.72 bits per heavy atom. The molecular formula is C11H12FNO4S. The summed E-state index contributed by atoms with van der Waals surface area (Å²) in [5.41, 5.74) is -0.0446. The number of carboxylic acids is 1. The number of thioether (sulfide) groups is 1. The van der Waals surface area contributed by atoms with Gasteiger partial charge in [-0.3, -0.25) is 14.9 Å². The second kappa shape index (κ2) is 6.34. The summed E-state index contributed by atoms with van der Waals surface area (Å²) in [6.45, 7) is 1.75. The molecule has 0 aliphatic carbocycles. The van der Waals surface area contributed by atoms with Crippen molar-refractivity contribution in [2.24, 2.45) is 0 Å². The quantitative estimate of drug-likeness (QED) is 0.636. The van der Waals surface area contributed by atoms with Crippen LogP contribution in [0.15, 0.2) is 18.2 Å². The average Bonchev–Trinajstić information content (AvgIpc) is 2.28. The van der Waals surface area contributed by atoms with Crippen molar-refractivity contribution in [1.82, 2.24) is 0 Å². The zero-order valence-corrected chi connectivity index (χ0v) is 10.4. The second-order valence-corrected chi connectivity index (χ2v) is 4.78. The molecule has 1 unspecified atom stereocenters. The summed E-state index contributed by atoms with van der Waals surface area (Å²) < 4.78 is 13.3. The van der Waals surface area contributed by atoms with Crippen LogP contribution in [0.25, 0.3) is 0 Å². The van der Waals surface area contributed by atoms with E-state index in [2.05, 4.69) is 0 Å². The van der Waals surface area contributed by atoms with Crippen molar-refractivity contribution in [2.45, 2.75) is 24.3 Å². The van der Waals surface area contributed by atoms with Crippen LogP contribution < -0.4 is 0 Å². The van der Waals surface area contributed by atoms with E-state index in [0.717, 1.165) is 12.1 Å². The van der Waals surface area contributed by atoms with E-state index in [1.54, 1.807) is 6.92 Å². The summed E-state index contributed by atoms with van der Waals surface area (Å²) in [5.74, 6) is -1.51. The summed E-state index contributed by atoms with van der Waals surface area (Å²) >= 11 is 1.17. The first-order valence-electron chi connectivity index (χ1n) is 5.23. The fraction of sp³-hybridized carbons (Fsp3) is 0.364. The SMILES string of the molecule is CCC(SCc1ccc([N+](=O)[O-])c(F)c1)C(=O)O. The average molecular weight is 273 g/mol. The van der Waals surface area contributed by atoms with E-state index in [1.807, 2.05) is 0 Å². The lowest BCUT2D eigenvalue weighted by atomic mass is 10.2. The highest BCUT2D eigenvalue weighted by atomic mass is 32.2. The van der Waals surface area contributed by atoms with Crippen LogP contribution in [0.4, 0.5) is 10.1 Å². The second-order valence-electron chi connectivity index (χ2n) is 3.59. The van der Waals surface area contributed by atoms with Crippen LogP contribution in [0.3, 0.4) is 0 Å². The topological polar surface area (TPSA) is 80.4 Å². The third kappa shape index (κ3) is 3.69. The van der Waals surface area contributed by atoms with Gasteiger partial charge in [-0.2, -0.15) is 4.39 Å². The van der Waals surface area contributed by atoms with Crippen LogP contribution in [-0.4, -0.2) is 21.2 Å². The van der Waals surface area contributed by atoms with Crippen molar-refractivity contribution in [3.05, 3.63) is 39.7 Å². The lowest BCUT2D eigenvalue weighted by molar-refractivity contribution is -0.387. The molecule has 0 fully saturated rings. The number of hydrogen-bond acceptors (Lipinski definition) is 4. The molecule has 0 amide bonds. The summed E-state index contributed by atoms with van der Waals surface area (Å²) in [6, 6.07) is 3.59. The zero-order chi connectivity index (χ0) is 13.7. The number of aliphatic carboxylic acids is 1. The Labute approximate surface area is 107 Å². The minimum Gasteiger partial charge on any atom is -0.480 e. The first-order chi connectivity index (χ1) is 8.45. The first-order valence-corrected chi connectivity index (χ1v) is 6.27. The predicted octanol–water partition coefficient (Wildman–Crippen LogP) is 2.83. The molecule has 0 bridgehead atoms. The molecule has 0 saturated heterocycles. The maximum Gasteiger partial charge on any atom is 0.316 e. The standard InChI is InChI=1S/C11H12FNO4S/c1-2-10(11(14)15)18-6-7-3-4-9(13(16)17)8(12)5-7/h3-5,10H,2,6H2,1H3,(H,14,15). The molecule has 98 valence electrons. The third-order valence-corrected chi connectivity index (χ3v) is 3.74. The third-order valence-electron chi connectivity index (χ3n) is 2.31. The Hall–Kier alpha value is -1.63. The molecule has 0 heterocycles. The van der Waals surface area contributed by atoms with E-state index in [9.17, 15) is 19.3 Å². The largest absolute Gasteiger partial charge is 0.480 e. The van der Waals surface area contributed by atoms with E-state index < -0.39 is 27.6 Å². The van der Waals surface area contributed by atoms with Crippen molar-refractivity contribution in [3.63, 3.8) is 0 Å². The van der Waals surface area contributed by atoms with Gasteiger partial charge >= 0.3 is 11.7 Å². The highest BCUT2D eigenvalue weighted by Crippen LogP contribution is 2.24. The van der Waals surface area contributed by atoms with Gasteiger partial charge in [-0.05, 0) is 18.1 Å². The van der Waals surface area contributed by atoms with Crippen LogP contribution >= 0.6 is 11.8 Å². The number of nitrogens with zero attached hydrogens (tertiary/aromatic N) is 1. The molecule has 0 aliphatic heterocycles. The van der Waals surface area contributed by atoms with E-state index >= 15 is 0 Å². The Bertz CT molecular complexity index is 466. The normalized spacial score (nSPS) is 12.1. The molecule has 5 nitrogen and oxygen atoms in total. The van der Waals surface area contributed by atoms with Crippen LogP contribution in [-0.2, 0) is 10.5 Å². The molecule has 0 aliphatic rings. The Kier molecular flexibility index (Phi) is 5.08. The zero-order valence-electron chi connectivity index (χ0n) is 9.63. The fourth-order valence-corrected chi connectivity index (χ4v) is 2.30. The summed E-state index contributed by atoms with van der Waals surface area (Å²) in [7, 11) is 0. The van der Waals surface area contributed by atoms with Gasteiger partial charge in [0.1, 0.15) is 5.25 Å². The van der Waals surface area contributed by atoms with Gasteiger partial charge in [0.15, 0.2) is 0 Å². The van der Waals surface area contributed by atoms with Gasteiger partial charge in [-0.1, -0.05) is 13.0 Å². The Morgan fingerprint density at radius 1 is 1.61 bits per heavy atom. The molecule has 7 heteroatoms. The Morgan fingerprint density at radius 2 is 2.28 bits per heavy atom. The molecule has 1 aromatic carbocycles. The lowest BCUT2D eigenvalue weighted by Crippen LogP contribution is -2.15. The van der Waals surface area contributed by atoms with Crippen molar-refractivity contribution in [1.29, 1.82) is 0 Å². The number of hydrogen-bond donors (Lipinski definition) is 1. The molecule has 1 rings (SSSR count). The number of carboxylic acid groups (broad SMARTS) is 1. The van der Waals surface area contributed by atoms with Crippen LogP contribution in [0, 0.1) is 15.9 Å². The first kappa shape index (κ1) is 14.4. The molecule has 0 aromatic heterocycles. The number of nitro benzene ring substituents is 1. The van der Waals surface area contributed by atoms with Crippen molar-refractivity contribution in [2.75, 3.05) is 0 Å². The molecule has 0 spiro atoms. The smallest absolute Gasteiger partial charge is 0.316 e. The highest BCUT2D eigenvalue weighted by Gasteiger charge is 2.17. The number of benzene rings is 1. The van der Waals surface area contributed by atoms with E-state index in [4.69, 9.17) is 5.11 Å². The van der Waals surface area contributed by atoms with Gasteiger partial charge in [0.05, 0.1) is 4.92 Å². The fourth-order valence-electron chi connectivity index (χ4n) is 1.35. The molecule has 1 atom stereocenters. The van der Waals surface area contributed by atoms with Crippen LogP contribution in [0.1, 0.15) is 18.9 Å². The number of halogens is 1. The lowest BCUT2D eigenvalue weighted by Gasteiger charge is -2.09. The molecule has 1 N–H and O–H groups in total. The van der Waals surface area contributed by atoms with Crippen LogP contribution in [0.5, 0.6) is 0 Å². The maximum absolute atomic E-state index is 13.3. The predicted molar refractivity (Wildman–Crippen MR) is 66.1 cm³/mol. The van der Waals surface area contributed by atoms with Crippen LogP contribution in [0.2, 0.25) is 0 Å². The Balaban J connectivity index is 2.72. The van der Waals surface area contributed by atoms with Gasteiger partial charge in [0, 0.05) is 11.8 Å². The molecule has 1 aromatic rings. The van der Waals surface area contributed by atoms with Gasteiger partial charge in [0.25, 0.3) is 0 Å². The molecule has 0 saturated carbocycles. The summed E-state index contributed by atoms with van der Waals surface area (Å²) in [5, 5.41) is 18.7. The molecule has 18 heavy (non-hydrogen) atoms. The van der Waals surface area contributed by atoms with Crippen molar-refractivity contribution >= 4 is 23.4 Å². The highest BCUT2D eigenvalue weighted by molar-refractivity contribution is 7.99. The monoisotopic (exact) mass is 273 g/mol. The van der Waals surface area contributed by atoms with Gasteiger partial charge in [-0.25, -0.2) is 0 Å². The maximum atomic E-state index is 13.3. The molecule has 0 radical (unpaired) electrons. The minimum atomic E-state index is -0.912. The van der Waals surface area contributed by atoms with Crippen molar-refractivity contribution < 1.29 is 19.2 Å². The number of nitro groups is 1. The van der Waals surface area contributed by atoms with Crippen molar-refractivity contribution in [3.8, 4) is 0 Å². The van der Waals surface area contributed by atoms with E-state index in [0.29, 0.717) is 17.7 Å². The summed E-state index contributed by atoms with van der Waals surface area (Å²) in [4.78, 5) is 20.4. The summed E-state index contributed by atoms with van der Waals surface area (Å²) in [6.07, 6.45) is 0.468. The number of rotatable bonds is 6. The number of carbonyl (C=O) groups is 1. The molecular weight excluding hydrogens is 261 g/mol. The van der Waals surface area contributed by atoms with E-state index in [-0.39, 0.29) is 0 Å². The van der Waals surface area contributed by atoms with E-state index in [1.165, 1.54) is 17.8 Å². The minimum absolute atomic E-state index is 0.305. The van der Waals surface area contributed by atoms with Gasteiger partial charge in [0.2, 0.25) is 5.82 Å². The van der Waals surface area contributed by atoms with Gasteiger partial charge in [-0.15, -0.1) is 11.8 Å².